The van der Waals surface area contributed by atoms with Crippen molar-refractivity contribution in [1.29, 1.82) is 0 Å². The molecule has 0 aromatic heterocycles. The first-order chi connectivity index (χ1) is 15.3. The van der Waals surface area contributed by atoms with E-state index in [1.165, 1.54) is 0 Å². The van der Waals surface area contributed by atoms with Gasteiger partial charge < -0.3 is 15.0 Å². The van der Waals surface area contributed by atoms with Crippen LogP contribution in [0.25, 0.3) is 0 Å². The van der Waals surface area contributed by atoms with Crippen molar-refractivity contribution < 1.29 is 14.3 Å². The number of carbonyl (C=O) groups is 2. The monoisotopic (exact) mass is 458 g/mol. The molecule has 0 unspecified atom stereocenters. The lowest BCUT2D eigenvalue weighted by molar-refractivity contribution is -0.142. The highest BCUT2D eigenvalue weighted by Gasteiger charge is 2.29. The summed E-state index contributed by atoms with van der Waals surface area (Å²) in [6.45, 7) is 10.0. The zero-order valence-corrected chi connectivity index (χ0v) is 20.5. The van der Waals surface area contributed by atoms with Crippen LogP contribution >= 0.6 is 11.6 Å². The highest BCUT2D eigenvalue weighted by Crippen LogP contribution is 2.26. The molecule has 1 N–H and O–H groups in total. The first-order valence-corrected chi connectivity index (χ1v) is 11.7. The number of amides is 2. The quantitative estimate of drug-likeness (QED) is 0.509. The van der Waals surface area contributed by atoms with Crippen LogP contribution in [-0.4, -0.2) is 41.9 Å². The van der Waals surface area contributed by atoms with E-state index in [2.05, 4.69) is 5.32 Å². The van der Waals surface area contributed by atoms with Crippen molar-refractivity contribution in [2.75, 3.05) is 13.2 Å². The maximum atomic E-state index is 13.2. The maximum Gasteiger partial charge on any atom is 0.261 e. The van der Waals surface area contributed by atoms with Crippen LogP contribution < -0.4 is 10.1 Å². The van der Waals surface area contributed by atoms with E-state index in [0.29, 0.717) is 30.2 Å². The largest absolute Gasteiger partial charge is 0.484 e. The highest BCUT2D eigenvalue weighted by molar-refractivity contribution is 6.32. The summed E-state index contributed by atoms with van der Waals surface area (Å²) in [6, 6.07) is 13.1. The summed E-state index contributed by atoms with van der Waals surface area (Å²) in [4.78, 5) is 27.8. The molecule has 0 saturated heterocycles. The summed E-state index contributed by atoms with van der Waals surface area (Å²) < 4.78 is 5.81. The van der Waals surface area contributed by atoms with Crippen molar-refractivity contribution in [2.24, 2.45) is 0 Å². The van der Waals surface area contributed by atoms with Crippen molar-refractivity contribution in [1.82, 2.24) is 10.2 Å². The molecule has 0 saturated carbocycles. The van der Waals surface area contributed by atoms with Crippen LogP contribution in [0.3, 0.4) is 0 Å². The molecule has 0 bridgehead atoms. The van der Waals surface area contributed by atoms with Gasteiger partial charge in [-0.05, 0) is 68.9 Å². The van der Waals surface area contributed by atoms with E-state index in [0.717, 1.165) is 23.1 Å². The van der Waals surface area contributed by atoms with Gasteiger partial charge in [-0.3, -0.25) is 9.59 Å². The second-order valence-corrected chi connectivity index (χ2v) is 8.60. The highest BCUT2D eigenvalue weighted by atomic mass is 35.5. The Balaban J connectivity index is 2.17. The molecule has 0 aliphatic carbocycles. The van der Waals surface area contributed by atoms with E-state index in [-0.39, 0.29) is 24.5 Å². The minimum absolute atomic E-state index is 0.0545. The first kappa shape index (κ1) is 25.7. The summed E-state index contributed by atoms with van der Waals surface area (Å²) in [5.74, 6) is 0.261. The number of ether oxygens (including phenoxy) is 1. The molecular weight excluding hydrogens is 424 g/mol. The Bertz CT molecular complexity index is 878. The Kier molecular flexibility index (Phi) is 10.0. The number of rotatable bonds is 11. The van der Waals surface area contributed by atoms with Crippen LogP contribution in [0, 0.1) is 13.8 Å². The molecule has 0 spiro atoms. The zero-order chi connectivity index (χ0) is 23.7. The fourth-order valence-electron chi connectivity index (χ4n) is 3.55. The van der Waals surface area contributed by atoms with Gasteiger partial charge in [0, 0.05) is 17.6 Å². The summed E-state index contributed by atoms with van der Waals surface area (Å²) in [5.41, 5.74) is 2.91. The van der Waals surface area contributed by atoms with Crippen molar-refractivity contribution in [3.8, 4) is 5.75 Å². The molecule has 0 radical (unpaired) electrons. The van der Waals surface area contributed by atoms with Crippen LogP contribution in [0.2, 0.25) is 5.02 Å². The molecule has 0 aliphatic rings. The number of carbonyl (C=O) groups excluding carboxylic acids is 2. The van der Waals surface area contributed by atoms with E-state index in [4.69, 9.17) is 16.3 Å². The summed E-state index contributed by atoms with van der Waals surface area (Å²) >= 11 is 6.24. The molecule has 5 nitrogen and oxygen atoms in total. The zero-order valence-electron chi connectivity index (χ0n) is 19.8. The number of nitrogens with one attached hydrogen (secondary N) is 1. The third-order valence-electron chi connectivity index (χ3n) is 5.64. The summed E-state index contributed by atoms with van der Waals surface area (Å²) in [5, 5.41) is 3.72. The molecule has 2 atom stereocenters. The molecular formula is C26H35ClN2O3. The first-order valence-electron chi connectivity index (χ1n) is 11.3. The molecule has 0 heterocycles. The molecule has 32 heavy (non-hydrogen) atoms. The van der Waals surface area contributed by atoms with Crippen LogP contribution in [0.15, 0.2) is 42.5 Å². The van der Waals surface area contributed by atoms with Crippen LogP contribution in [-0.2, 0) is 16.0 Å². The van der Waals surface area contributed by atoms with Crippen molar-refractivity contribution in [3.63, 3.8) is 0 Å². The molecule has 0 aliphatic heterocycles. The van der Waals surface area contributed by atoms with Crippen LogP contribution in [0.4, 0.5) is 0 Å². The number of hydrogen-bond donors (Lipinski definition) is 1. The Hall–Kier alpha value is -2.53. The average molecular weight is 459 g/mol. The maximum absolute atomic E-state index is 13.2. The van der Waals surface area contributed by atoms with Gasteiger partial charge in [-0.25, -0.2) is 0 Å². The number of nitrogens with zero attached hydrogens (tertiary/aromatic N) is 1. The Morgan fingerprint density at radius 1 is 1.06 bits per heavy atom. The SMILES string of the molecule is CC[C@H](C)NC(=O)[C@H](CC)N(CCc1ccccc1)C(=O)COc1cc(C)c(Cl)c(C)c1. The molecule has 2 aromatic carbocycles. The average Bonchev–Trinajstić information content (AvgIpc) is 2.78. The predicted molar refractivity (Wildman–Crippen MR) is 130 cm³/mol. The van der Waals surface area contributed by atoms with E-state index in [1.807, 2.05) is 77.1 Å². The lowest BCUT2D eigenvalue weighted by Gasteiger charge is -2.31. The summed E-state index contributed by atoms with van der Waals surface area (Å²) in [6.07, 6.45) is 2.03. The van der Waals surface area contributed by atoms with E-state index < -0.39 is 6.04 Å². The van der Waals surface area contributed by atoms with Crippen LogP contribution in [0.5, 0.6) is 5.75 Å². The number of aryl methyl sites for hydroxylation is 2. The molecule has 0 fully saturated rings. The fourth-order valence-corrected chi connectivity index (χ4v) is 3.66. The van der Waals surface area contributed by atoms with Gasteiger partial charge in [-0.15, -0.1) is 0 Å². The van der Waals surface area contributed by atoms with Crippen molar-refractivity contribution >= 4 is 23.4 Å². The Morgan fingerprint density at radius 3 is 2.25 bits per heavy atom. The van der Waals surface area contributed by atoms with Crippen LogP contribution in [0.1, 0.15) is 50.3 Å². The third kappa shape index (κ3) is 7.27. The number of halogens is 1. The predicted octanol–water partition coefficient (Wildman–Crippen LogP) is 5.10. The number of hydrogen-bond acceptors (Lipinski definition) is 3. The topological polar surface area (TPSA) is 58.6 Å². The molecule has 2 aromatic rings. The minimum Gasteiger partial charge on any atom is -0.484 e. The van der Waals surface area contributed by atoms with Gasteiger partial charge in [0.2, 0.25) is 5.91 Å². The number of benzene rings is 2. The van der Waals surface area contributed by atoms with Gasteiger partial charge in [-0.1, -0.05) is 55.8 Å². The van der Waals surface area contributed by atoms with Gasteiger partial charge in [0.25, 0.3) is 5.91 Å². The molecule has 2 amide bonds. The van der Waals surface area contributed by atoms with E-state index in [9.17, 15) is 9.59 Å². The van der Waals surface area contributed by atoms with Gasteiger partial charge in [0.15, 0.2) is 6.61 Å². The minimum atomic E-state index is -0.544. The van der Waals surface area contributed by atoms with Gasteiger partial charge >= 0.3 is 0 Å². The second kappa shape index (κ2) is 12.5. The van der Waals surface area contributed by atoms with Gasteiger partial charge in [0.1, 0.15) is 11.8 Å². The summed E-state index contributed by atoms with van der Waals surface area (Å²) in [7, 11) is 0. The normalized spacial score (nSPS) is 12.7. The second-order valence-electron chi connectivity index (χ2n) is 8.22. The Morgan fingerprint density at radius 2 is 1.69 bits per heavy atom. The smallest absolute Gasteiger partial charge is 0.261 e. The molecule has 2 rings (SSSR count). The fraction of sp³-hybridized carbons (Fsp3) is 0.462. The van der Waals surface area contributed by atoms with Gasteiger partial charge in [-0.2, -0.15) is 0 Å². The lowest BCUT2D eigenvalue weighted by Crippen LogP contribution is -2.52. The third-order valence-corrected chi connectivity index (χ3v) is 6.24. The lowest BCUT2D eigenvalue weighted by atomic mass is 10.1. The van der Waals surface area contributed by atoms with Gasteiger partial charge in [0.05, 0.1) is 0 Å². The van der Waals surface area contributed by atoms with E-state index in [1.54, 1.807) is 4.90 Å². The van der Waals surface area contributed by atoms with Crippen molar-refractivity contribution in [3.05, 3.63) is 64.2 Å². The van der Waals surface area contributed by atoms with E-state index >= 15 is 0 Å². The molecule has 6 heteroatoms. The standard InChI is InChI=1S/C26H35ClN2O3/c1-6-20(5)28-26(31)23(7-2)29(14-13-21-11-9-8-10-12-21)24(30)17-32-22-15-18(3)25(27)19(4)16-22/h8-12,15-16,20,23H,6-7,13-14,17H2,1-5H3,(H,28,31)/t20-,23-/m0/s1. The Labute approximate surface area is 197 Å². The van der Waals surface area contributed by atoms with Crippen molar-refractivity contribution in [2.45, 2.75) is 66.0 Å². The molecule has 174 valence electrons.